The third-order valence-electron chi connectivity index (χ3n) is 4.29. The van der Waals surface area contributed by atoms with Gasteiger partial charge in [-0.1, -0.05) is 37.3 Å². The van der Waals surface area contributed by atoms with Crippen LogP contribution in [0.2, 0.25) is 0 Å². The minimum atomic E-state index is -0.482. The predicted octanol–water partition coefficient (Wildman–Crippen LogP) is 3.30. The van der Waals surface area contributed by atoms with Gasteiger partial charge in [0.05, 0.1) is 5.56 Å². The number of nitrogens with one attached hydrogen (secondary N) is 1. The molecule has 5 nitrogen and oxygen atoms in total. The molecule has 2 heterocycles. The Labute approximate surface area is 163 Å². The van der Waals surface area contributed by atoms with Gasteiger partial charge in [-0.3, -0.25) is 14.5 Å². The first-order chi connectivity index (χ1) is 12.1. The number of carbonyl (C=O) groups is 2. The van der Waals surface area contributed by atoms with Gasteiger partial charge in [-0.2, -0.15) is 0 Å². The number of fused-ring (bicyclic) bond motifs is 1. The lowest BCUT2D eigenvalue weighted by molar-refractivity contribution is -0.111. The Hall–Kier alpha value is -2.15. The van der Waals surface area contributed by atoms with Gasteiger partial charge in [0.1, 0.15) is 5.00 Å². The molecule has 1 aliphatic rings. The summed E-state index contributed by atoms with van der Waals surface area (Å²) in [4.78, 5) is 27.6. The molecule has 0 saturated carbocycles. The van der Waals surface area contributed by atoms with Crippen LogP contribution in [0.4, 0.5) is 5.00 Å². The van der Waals surface area contributed by atoms with E-state index < -0.39 is 5.91 Å². The summed E-state index contributed by atoms with van der Waals surface area (Å²) in [5, 5.41) is 3.38. The van der Waals surface area contributed by atoms with Crippen molar-refractivity contribution < 1.29 is 9.59 Å². The summed E-state index contributed by atoms with van der Waals surface area (Å²) in [5.41, 5.74) is 7.98. The lowest BCUT2D eigenvalue weighted by Gasteiger charge is -2.25. The van der Waals surface area contributed by atoms with Crippen molar-refractivity contribution in [3.63, 3.8) is 0 Å². The molecule has 2 amide bonds. The standard InChI is InChI=1S/C19H21N3O2S.ClH/c1-2-22-11-10-14-15(12-22)25-19(17(14)18(20)24)21-16(23)9-8-13-6-4-3-5-7-13;/h3-9H,2,10-12H2,1H3,(H2,20,24)(H,21,23);1H/b9-8-;. The van der Waals surface area contributed by atoms with Gasteiger partial charge >= 0.3 is 0 Å². The summed E-state index contributed by atoms with van der Waals surface area (Å²) in [7, 11) is 0. The van der Waals surface area contributed by atoms with Crippen molar-refractivity contribution in [1.29, 1.82) is 0 Å². The average Bonchev–Trinajstić information content (AvgIpc) is 2.97. The van der Waals surface area contributed by atoms with Crippen molar-refractivity contribution in [3.8, 4) is 0 Å². The van der Waals surface area contributed by atoms with Gasteiger partial charge < -0.3 is 11.1 Å². The van der Waals surface area contributed by atoms with Crippen molar-refractivity contribution in [2.75, 3.05) is 18.4 Å². The number of amides is 2. The van der Waals surface area contributed by atoms with Crippen molar-refractivity contribution in [1.82, 2.24) is 4.90 Å². The Kier molecular flexibility index (Phi) is 6.97. The number of nitrogens with two attached hydrogens (primary N) is 1. The van der Waals surface area contributed by atoms with Gasteiger partial charge in [-0.25, -0.2) is 0 Å². The van der Waals surface area contributed by atoms with Crippen LogP contribution in [0.15, 0.2) is 36.4 Å². The van der Waals surface area contributed by atoms with Gasteiger partial charge in [0.25, 0.3) is 5.91 Å². The van der Waals surface area contributed by atoms with Gasteiger partial charge in [0, 0.05) is 24.0 Å². The highest BCUT2D eigenvalue weighted by molar-refractivity contribution is 7.17. The Bertz CT molecular complexity index is 818. The van der Waals surface area contributed by atoms with Crippen LogP contribution in [-0.2, 0) is 17.8 Å². The fourth-order valence-electron chi connectivity index (χ4n) is 2.96. The van der Waals surface area contributed by atoms with Crippen LogP contribution < -0.4 is 11.1 Å². The number of hydrogen-bond donors (Lipinski definition) is 2. The van der Waals surface area contributed by atoms with Crippen LogP contribution in [0, 0.1) is 0 Å². The summed E-state index contributed by atoms with van der Waals surface area (Å²) in [6.45, 7) is 4.78. The Morgan fingerprint density at radius 1 is 1.31 bits per heavy atom. The zero-order chi connectivity index (χ0) is 17.8. The van der Waals surface area contributed by atoms with E-state index in [-0.39, 0.29) is 18.3 Å². The molecule has 26 heavy (non-hydrogen) atoms. The molecule has 0 radical (unpaired) electrons. The number of nitrogens with zero attached hydrogens (tertiary/aromatic N) is 1. The SMILES string of the molecule is CCN1CCc2c(sc(NC(=O)/C=C\c3ccccc3)c2C(N)=O)C1.Cl. The molecule has 0 aliphatic carbocycles. The maximum atomic E-state index is 12.2. The van der Waals surface area contributed by atoms with E-state index in [1.165, 1.54) is 17.4 Å². The highest BCUT2D eigenvalue weighted by Crippen LogP contribution is 2.36. The lowest BCUT2D eigenvalue weighted by Crippen LogP contribution is -2.30. The van der Waals surface area contributed by atoms with Crippen LogP contribution >= 0.6 is 23.7 Å². The second-order valence-corrected chi connectivity index (χ2v) is 7.03. The minimum absolute atomic E-state index is 0. The monoisotopic (exact) mass is 391 g/mol. The van der Waals surface area contributed by atoms with E-state index in [1.54, 1.807) is 6.08 Å². The Morgan fingerprint density at radius 2 is 2.04 bits per heavy atom. The van der Waals surface area contributed by atoms with Crippen LogP contribution in [0.25, 0.3) is 6.08 Å². The van der Waals surface area contributed by atoms with E-state index in [0.717, 1.165) is 42.1 Å². The average molecular weight is 392 g/mol. The second-order valence-electron chi connectivity index (χ2n) is 5.92. The van der Waals surface area contributed by atoms with E-state index >= 15 is 0 Å². The maximum absolute atomic E-state index is 12.2. The molecule has 2 aromatic rings. The molecule has 138 valence electrons. The molecule has 0 unspecified atom stereocenters. The van der Waals surface area contributed by atoms with Crippen molar-refractivity contribution >= 4 is 46.6 Å². The van der Waals surface area contributed by atoms with E-state index in [2.05, 4.69) is 17.1 Å². The second kappa shape index (κ2) is 8.98. The largest absolute Gasteiger partial charge is 0.365 e. The number of primary amides is 1. The molecule has 1 aromatic carbocycles. The fraction of sp³-hybridized carbons (Fsp3) is 0.263. The highest BCUT2D eigenvalue weighted by Gasteiger charge is 2.26. The van der Waals surface area contributed by atoms with E-state index in [1.807, 2.05) is 30.3 Å². The molecule has 1 aliphatic heterocycles. The predicted molar refractivity (Wildman–Crippen MR) is 109 cm³/mol. The smallest absolute Gasteiger partial charge is 0.251 e. The number of benzene rings is 1. The summed E-state index contributed by atoms with van der Waals surface area (Å²) >= 11 is 1.45. The quantitative estimate of drug-likeness (QED) is 0.768. The van der Waals surface area contributed by atoms with Gasteiger partial charge in [-0.15, -0.1) is 23.7 Å². The van der Waals surface area contributed by atoms with Crippen LogP contribution in [0.3, 0.4) is 0 Å². The first-order valence-corrected chi connectivity index (χ1v) is 9.11. The highest BCUT2D eigenvalue weighted by atomic mass is 35.5. The minimum Gasteiger partial charge on any atom is -0.365 e. The number of likely N-dealkylation sites (N-methyl/N-ethyl adjacent to an activating group) is 1. The number of thiophene rings is 1. The fourth-order valence-corrected chi connectivity index (χ4v) is 4.26. The number of carbonyl (C=O) groups excluding carboxylic acids is 2. The van der Waals surface area contributed by atoms with E-state index in [0.29, 0.717) is 10.6 Å². The maximum Gasteiger partial charge on any atom is 0.251 e. The zero-order valence-electron chi connectivity index (χ0n) is 14.5. The molecule has 0 saturated heterocycles. The van der Waals surface area contributed by atoms with Gasteiger partial charge in [0.2, 0.25) is 5.91 Å². The molecule has 0 fully saturated rings. The van der Waals surface area contributed by atoms with Crippen molar-refractivity contribution in [3.05, 3.63) is 58.0 Å². The molecule has 0 bridgehead atoms. The molecule has 7 heteroatoms. The van der Waals surface area contributed by atoms with E-state index in [4.69, 9.17) is 5.73 Å². The summed E-state index contributed by atoms with van der Waals surface area (Å²) in [5.74, 6) is -0.748. The summed E-state index contributed by atoms with van der Waals surface area (Å²) in [6, 6.07) is 9.58. The van der Waals surface area contributed by atoms with Crippen molar-refractivity contribution in [2.45, 2.75) is 19.9 Å². The normalized spacial score (nSPS) is 13.9. The molecule has 0 spiro atoms. The Morgan fingerprint density at radius 3 is 2.69 bits per heavy atom. The van der Waals surface area contributed by atoms with Crippen molar-refractivity contribution in [2.24, 2.45) is 5.73 Å². The molecule has 0 atom stereocenters. The zero-order valence-corrected chi connectivity index (χ0v) is 16.2. The van der Waals surface area contributed by atoms with E-state index in [9.17, 15) is 9.59 Å². The molecule has 1 aromatic heterocycles. The third kappa shape index (κ3) is 4.52. The first kappa shape index (κ1) is 20.2. The molecule has 3 N–H and O–H groups in total. The third-order valence-corrected chi connectivity index (χ3v) is 5.43. The van der Waals surface area contributed by atoms with Crippen LogP contribution in [-0.4, -0.2) is 29.8 Å². The van der Waals surface area contributed by atoms with Gasteiger partial charge in [-0.05, 0) is 30.2 Å². The summed E-state index contributed by atoms with van der Waals surface area (Å²) in [6.07, 6.45) is 4.00. The lowest BCUT2D eigenvalue weighted by atomic mass is 10.0. The van der Waals surface area contributed by atoms with Gasteiger partial charge in [0.15, 0.2) is 0 Å². The van der Waals surface area contributed by atoms with Crippen LogP contribution in [0.5, 0.6) is 0 Å². The number of hydrogen-bond acceptors (Lipinski definition) is 4. The molecule has 3 rings (SSSR count). The van der Waals surface area contributed by atoms with Crippen LogP contribution in [0.1, 0.15) is 33.3 Å². The number of anilines is 1. The molecular weight excluding hydrogens is 370 g/mol. The topological polar surface area (TPSA) is 75.4 Å². The number of rotatable bonds is 5. The number of halogens is 1. The molecular formula is C19H22ClN3O2S. The Balaban J connectivity index is 0.00000243. The summed E-state index contributed by atoms with van der Waals surface area (Å²) < 4.78 is 0. The first-order valence-electron chi connectivity index (χ1n) is 8.29.